The number of carbonyl (C=O) groups excluding carboxylic acids is 4. The first-order chi connectivity index (χ1) is 19.3. The lowest BCUT2D eigenvalue weighted by atomic mass is 9.46. The lowest BCUT2D eigenvalue weighted by molar-refractivity contribution is -0.185. The molecule has 10 heteroatoms. The van der Waals surface area contributed by atoms with Crippen LogP contribution in [-0.4, -0.2) is 64.1 Å². The van der Waals surface area contributed by atoms with Crippen molar-refractivity contribution in [3.63, 3.8) is 0 Å². The van der Waals surface area contributed by atoms with Crippen molar-refractivity contribution in [2.75, 3.05) is 0 Å². The molecule has 11 atom stereocenters. The number of ketones is 2. The number of allylic oxidation sites excluding steroid dienone is 4. The molecule has 0 aromatic rings. The van der Waals surface area contributed by atoms with Crippen molar-refractivity contribution in [2.45, 2.75) is 105 Å². The molecule has 4 aliphatic rings. The summed E-state index contributed by atoms with van der Waals surface area (Å²) in [5.74, 6) is -4.00. The molecule has 3 N–H and O–H groups in total. The van der Waals surface area contributed by atoms with Gasteiger partial charge in [0.2, 0.25) is 5.78 Å². The summed E-state index contributed by atoms with van der Waals surface area (Å²) in [7, 11) is 0. The fourth-order valence-corrected chi connectivity index (χ4v) is 8.64. The highest BCUT2D eigenvalue weighted by molar-refractivity contribution is 6.01. The molecule has 1 unspecified atom stereocenters. The minimum absolute atomic E-state index is 0.127. The Labute approximate surface area is 247 Å². The van der Waals surface area contributed by atoms with Crippen LogP contribution >= 0.6 is 0 Å². The zero-order valence-corrected chi connectivity index (χ0v) is 25.8. The molecule has 3 fully saturated rings. The fraction of sp³-hybridized carbons (Fsp3) is 0.750. The number of amides is 1. The van der Waals surface area contributed by atoms with Gasteiger partial charge < -0.3 is 25.0 Å². The number of nitrogens with one attached hydrogen (secondary N) is 1. The van der Waals surface area contributed by atoms with Crippen molar-refractivity contribution in [3.8, 4) is 0 Å². The van der Waals surface area contributed by atoms with E-state index < -0.39 is 70.7 Å². The Morgan fingerprint density at radius 1 is 1.17 bits per heavy atom. The van der Waals surface area contributed by atoms with E-state index in [9.17, 15) is 29.4 Å². The highest BCUT2D eigenvalue weighted by Crippen LogP contribution is 2.67. The summed E-state index contributed by atoms with van der Waals surface area (Å²) < 4.78 is 26.1. The molecule has 0 aromatic carbocycles. The van der Waals surface area contributed by atoms with Gasteiger partial charge >= 0.3 is 12.1 Å². The number of carbonyl (C=O) groups is 4. The van der Waals surface area contributed by atoms with Crippen molar-refractivity contribution in [3.05, 3.63) is 23.8 Å². The molecule has 4 aliphatic carbocycles. The molecule has 0 radical (unpaired) electrons. The number of halogens is 1. The largest absolute Gasteiger partial charge is 0.444 e. The first kappa shape index (κ1) is 32.3. The van der Waals surface area contributed by atoms with E-state index in [0.29, 0.717) is 12.0 Å². The van der Waals surface area contributed by atoms with E-state index in [1.165, 1.54) is 12.2 Å². The smallest absolute Gasteiger partial charge is 0.408 e. The number of rotatable bonds is 6. The minimum Gasteiger partial charge on any atom is -0.444 e. The summed E-state index contributed by atoms with van der Waals surface area (Å²) in [6.07, 6.45) is 0.372. The molecule has 4 rings (SSSR count). The topological polar surface area (TPSA) is 139 Å². The van der Waals surface area contributed by atoms with Crippen molar-refractivity contribution < 1.29 is 43.3 Å². The van der Waals surface area contributed by atoms with Gasteiger partial charge in [0.15, 0.2) is 5.78 Å². The SMILES string of the molecule is CC(C)[C@H](NC(=O)OC(C)(C)C)C(=O)OC(O)C(=O)[C@H]1[C@H](C)C[C@H]2[C@@H]3C[C@H](F)C4=CC(=O)C=C[C@]4(C)[C@H]3[C@@H](O)C[C@@]21C. The summed E-state index contributed by atoms with van der Waals surface area (Å²) in [5, 5.41) is 24.9. The first-order valence-corrected chi connectivity index (χ1v) is 15.0. The Morgan fingerprint density at radius 2 is 1.81 bits per heavy atom. The average Bonchev–Trinajstić information content (AvgIpc) is 3.11. The molecule has 0 aliphatic heterocycles. The van der Waals surface area contributed by atoms with Crippen molar-refractivity contribution >= 4 is 23.6 Å². The van der Waals surface area contributed by atoms with Crippen LogP contribution in [0.1, 0.15) is 74.7 Å². The second kappa shape index (κ2) is 11.2. The third kappa shape index (κ3) is 5.68. The van der Waals surface area contributed by atoms with Crippen LogP contribution in [0, 0.1) is 46.3 Å². The van der Waals surface area contributed by atoms with Crippen molar-refractivity contribution in [1.82, 2.24) is 5.32 Å². The Balaban J connectivity index is 1.53. The predicted molar refractivity (Wildman–Crippen MR) is 151 cm³/mol. The van der Waals surface area contributed by atoms with Gasteiger partial charge in [-0.1, -0.05) is 40.7 Å². The highest BCUT2D eigenvalue weighted by Gasteiger charge is 2.66. The molecular weight excluding hydrogens is 545 g/mol. The van der Waals surface area contributed by atoms with Gasteiger partial charge in [-0.15, -0.1) is 0 Å². The van der Waals surface area contributed by atoms with Crippen LogP contribution < -0.4 is 5.32 Å². The molecule has 42 heavy (non-hydrogen) atoms. The molecule has 1 amide bonds. The molecule has 0 spiro atoms. The van der Waals surface area contributed by atoms with E-state index in [1.54, 1.807) is 40.7 Å². The first-order valence-electron chi connectivity index (χ1n) is 15.0. The van der Waals surface area contributed by atoms with E-state index in [0.717, 1.165) is 0 Å². The van der Waals surface area contributed by atoms with Gasteiger partial charge in [0, 0.05) is 17.3 Å². The number of Topliss-reactive ketones (excluding diaryl/α,β-unsaturated/α-hetero) is 1. The quantitative estimate of drug-likeness (QED) is 0.311. The molecule has 0 bridgehead atoms. The van der Waals surface area contributed by atoms with Crippen LogP contribution in [0.25, 0.3) is 0 Å². The van der Waals surface area contributed by atoms with Crippen molar-refractivity contribution in [1.29, 1.82) is 0 Å². The number of esters is 1. The number of alkyl halides is 1. The fourth-order valence-electron chi connectivity index (χ4n) is 8.64. The van der Waals surface area contributed by atoms with Gasteiger partial charge in [-0.05, 0) is 86.8 Å². The highest BCUT2D eigenvalue weighted by atomic mass is 19.1. The van der Waals surface area contributed by atoms with Gasteiger partial charge in [-0.3, -0.25) is 9.59 Å². The van der Waals surface area contributed by atoms with Crippen LogP contribution in [0.5, 0.6) is 0 Å². The number of ether oxygens (including phenoxy) is 2. The van der Waals surface area contributed by atoms with Crippen LogP contribution in [0.15, 0.2) is 23.8 Å². The molecule has 3 saturated carbocycles. The Bertz CT molecular complexity index is 1190. The van der Waals surface area contributed by atoms with E-state index >= 15 is 4.39 Å². The lowest BCUT2D eigenvalue weighted by Gasteiger charge is -2.59. The van der Waals surface area contributed by atoms with E-state index in [4.69, 9.17) is 9.47 Å². The van der Waals surface area contributed by atoms with Crippen LogP contribution in [0.3, 0.4) is 0 Å². The summed E-state index contributed by atoms with van der Waals surface area (Å²) >= 11 is 0. The van der Waals surface area contributed by atoms with E-state index in [-0.39, 0.29) is 42.3 Å². The van der Waals surface area contributed by atoms with Crippen LogP contribution in [-0.2, 0) is 23.9 Å². The Morgan fingerprint density at radius 3 is 2.40 bits per heavy atom. The monoisotopic (exact) mass is 591 g/mol. The lowest BCUT2D eigenvalue weighted by Crippen LogP contribution is -2.58. The second-order valence-electron chi connectivity index (χ2n) is 14.6. The number of alkyl carbamates (subject to hydrolysis) is 1. The van der Waals surface area contributed by atoms with Gasteiger partial charge in [-0.25, -0.2) is 14.0 Å². The van der Waals surface area contributed by atoms with E-state index in [1.807, 2.05) is 20.8 Å². The molecule has 0 heterocycles. The maximum atomic E-state index is 15.6. The molecule has 0 aromatic heterocycles. The number of aliphatic hydroxyl groups excluding tert-OH is 2. The number of hydrogen-bond acceptors (Lipinski definition) is 8. The average molecular weight is 592 g/mol. The summed E-state index contributed by atoms with van der Waals surface area (Å²) in [4.78, 5) is 51.1. The standard InChI is InChI=1S/C32H46FNO8/c1-15(2)25(34-29(40)42-30(4,5)6)27(38)41-28(39)26(37)23-16(3)11-19-18-13-21(33)20-12-17(35)9-10-31(20,7)24(18)22(36)14-32(19,23)8/h9-10,12,15-16,18-19,21-25,28,36,39H,11,13-14H2,1-8H3,(H,34,40)/t16-,18+,19+,21+,22+,23-,24-,25+,28?,31+,32+/m1/s1. The summed E-state index contributed by atoms with van der Waals surface area (Å²) in [6, 6.07) is -1.16. The second-order valence-corrected chi connectivity index (χ2v) is 14.6. The number of aliphatic hydroxyl groups is 2. The zero-order chi connectivity index (χ0) is 31.5. The van der Waals surface area contributed by atoms with Crippen LogP contribution in [0.4, 0.5) is 9.18 Å². The maximum absolute atomic E-state index is 15.6. The van der Waals surface area contributed by atoms with Gasteiger partial charge in [-0.2, -0.15) is 0 Å². The third-order valence-corrected chi connectivity index (χ3v) is 10.2. The van der Waals surface area contributed by atoms with Crippen molar-refractivity contribution in [2.24, 2.45) is 46.3 Å². The maximum Gasteiger partial charge on any atom is 0.408 e. The Kier molecular flexibility index (Phi) is 8.59. The zero-order valence-electron chi connectivity index (χ0n) is 25.8. The Hall–Kier alpha value is -2.59. The molecular formula is C32H46FNO8. The minimum atomic E-state index is -2.07. The summed E-state index contributed by atoms with van der Waals surface area (Å²) in [6.45, 7) is 14.1. The van der Waals surface area contributed by atoms with E-state index in [2.05, 4.69) is 5.32 Å². The van der Waals surface area contributed by atoms with Gasteiger partial charge in [0.1, 0.15) is 17.8 Å². The third-order valence-electron chi connectivity index (χ3n) is 10.2. The molecule has 0 saturated heterocycles. The molecule has 234 valence electrons. The normalized spacial score (nSPS) is 38.9. The summed E-state index contributed by atoms with van der Waals surface area (Å²) in [5.41, 5.74) is -1.98. The number of fused-ring (bicyclic) bond motifs is 5. The molecule has 9 nitrogen and oxygen atoms in total. The van der Waals surface area contributed by atoms with Crippen LogP contribution in [0.2, 0.25) is 0 Å². The number of hydrogen-bond donors (Lipinski definition) is 3. The van der Waals surface area contributed by atoms with Gasteiger partial charge in [0.25, 0.3) is 6.29 Å². The van der Waals surface area contributed by atoms with Gasteiger partial charge in [0.05, 0.1) is 6.10 Å². The predicted octanol–water partition coefficient (Wildman–Crippen LogP) is 4.06.